The van der Waals surface area contributed by atoms with Gasteiger partial charge in [-0.2, -0.15) is 0 Å². The molecular weight excluding hydrogens is 246 g/mol. The zero-order chi connectivity index (χ0) is 14.4. The van der Waals surface area contributed by atoms with Gasteiger partial charge in [0.05, 0.1) is 5.60 Å². The van der Waals surface area contributed by atoms with Crippen molar-refractivity contribution >= 4 is 0 Å². The molecule has 1 heterocycles. The molecule has 1 aliphatic rings. The third-order valence-corrected chi connectivity index (χ3v) is 4.38. The van der Waals surface area contributed by atoms with Crippen LogP contribution in [-0.4, -0.2) is 29.6 Å². The van der Waals surface area contributed by atoms with Crippen LogP contribution in [0.4, 0.5) is 0 Å². The summed E-state index contributed by atoms with van der Waals surface area (Å²) in [4.78, 5) is 2.40. The number of hydrogen-bond donors (Lipinski definition) is 1. The normalized spacial score (nSPS) is 19.8. The van der Waals surface area contributed by atoms with E-state index in [1.54, 1.807) is 0 Å². The molecule has 0 saturated carbocycles. The molecule has 2 nitrogen and oxygen atoms in total. The molecule has 2 rings (SSSR count). The molecule has 0 amide bonds. The number of β-amino-alcohol motifs (C(OH)–C–C–N with tert-alkyl or cyclic N) is 1. The maximum absolute atomic E-state index is 10.8. The van der Waals surface area contributed by atoms with Gasteiger partial charge in [-0.1, -0.05) is 44.0 Å². The number of hydrogen-bond acceptors (Lipinski definition) is 2. The maximum Gasteiger partial charge on any atom is 0.0994 e. The van der Waals surface area contributed by atoms with Crippen LogP contribution >= 0.6 is 0 Å². The van der Waals surface area contributed by atoms with Gasteiger partial charge in [-0.3, -0.25) is 0 Å². The Balaban J connectivity index is 1.96. The van der Waals surface area contributed by atoms with E-state index in [4.69, 9.17) is 0 Å². The maximum atomic E-state index is 10.8. The summed E-state index contributed by atoms with van der Waals surface area (Å²) in [6.07, 6.45) is 7.49. The van der Waals surface area contributed by atoms with Crippen molar-refractivity contribution in [2.45, 2.75) is 58.0 Å². The van der Waals surface area contributed by atoms with E-state index >= 15 is 0 Å². The third kappa shape index (κ3) is 4.32. The molecule has 1 aromatic carbocycles. The molecule has 20 heavy (non-hydrogen) atoms. The van der Waals surface area contributed by atoms with E-state index in [0.29, 0.717) is 0 Å². The minimum Gasteiger partial charge on any atom is -0.384 e. The molecule has 0 aromatic heterocycles. The molecular formula is C18H29NO. The molecule has 1 aromatic rings. The van der Waals surface area contributed by atoms with Gasteiger partial charge in [0.15, 0.2) is 0 Å². The molecule has 0 bridgehead atoms. The van der Waals surface area contributed by atoms with Crippen LogP contribution in [0, 0.1) is 0 Å². The number of aryl methyl sites for hydroxylation is 1. The third-order valence-electron chi connectivity index (χ3n) is 4.38. The van der Waals surface area contributed by atoms with Gasteiger partial charge < -0.3 is 10.0 Å². The lowest BCUT2D eigenvalue weighted by molar-refractivity contribution is 0.0105. The summed E-state index contributed by atoms with van der Waals surface area (Å²) in [6.45, 7) is 7.18. The largest absolute Gasteiger partial charge is 0.384 e. The first-order valence-electron chi connectivity index (χ1n) is 8.16. The van der Waals surface area contributed by atoms with Crippen LogP contribution in [0.5, 0.6) is 0 Å². The topological polar surface area (TPSA) is 23.5 Å². The average Bonchev–Trinajstić information content (AvgIpc) is 2.46. The summed E-state index contributed by atoms with van der Waals surface area (Å²) >= 11 is 0. The fourth-order valence-corrected chi connectivity index (χ4v) is 3.06. The molecule has 1 atom stereocenters. The first-order valence-corrected chi connectivity index (χ1v) is 8.16. The quantitative estimate of drug-likeness (QED) is 0.855. The number of nitrogens with zero attached hydrogens (tertiary/aromatic N) is 1. The van der Waals surface area contributed by atoms with Gasteiger partial charge in [0.25, 0.3) is 0 Å². The van der Waals surface area contributed by atoms with Gasteiger partial charge >= 0.3 is 0 Å². The molecule has 0 spiro atoms. The summed E-state index contributed by atoms with van der Waals surface area (Å²) in [6, 6.07) is 8.56. The van der Waals surface area contributed by atoms with Gasteiger partial charge in [-0.15, -0.1) is 0 Å². The lowest BCUT2D eigenvalue weighted by atomic mass is 9.93. The summed E-state index contributed by atoms with van der Waals surface area (Å²) in [5, 5.41) is 10.8. The van der Waals surface area contributed by atoms with Gasteiger partial charge in [-0.05, 0) is 56.8 Å². The van der Waals surface area contributed by atoms with Gasteiger partial charge in [-0.25, -0.2) is 0 Å². The van der Waals surface area contributed by atoms with Crippen molar-refractivity contribution in [2.75, 3.05) is 19.6 Å². The Hall–Kier alpha value is -0.860. The molecule has 2 heteroatoms. The number of aliphatic hydroxyl groups is 1. The van der Waals surface area contributed by atoms with E-state index < -0.39 is 5.60 Å². The zero-order valence-electron chi connectivity index (χ0n) is 13.1. The molecule has 1 fully saturated rings. The Morgan fingerprint density at radius 1 is 1.10 bits per heavy atom. The monoisotopic (exact) mass is 275 g/mol. The Kier molecular flexibility index (Phi) is 5.62. The molecule has 112 valence electrons. The molecule has 0 radical (unpaired) electrons. The molecule has 1 N–H and O–H groups in total. The van der Waals surface area contributed by atoms with E-state index in [9.17, 15) is 5.11 Å². The highest BCUT2D eigenvalue weighted by molar-refractivity contribution is 5.27. The van der Waals surface area contributed by atoms with Gasteiger partial charge in [0.1, 0.15) is 0 Å². The van der Waals surface area contributed by atoms with Crippen molar-refractivity contribution in [3.8, 4) is 0 Å². The highest BCUT2D eigenvalue weighted by Gasteiger charge is 2.26. The van der Waals surface area contributed by atoms with E-state index in [0.717, 1.165) is 31.6 Å². The predicted molar refractivity (Wildman–Crippen MR) is 84.9 cm³/mol. The van der Waals surface area contributed by atoms with Crippen molar-refractivity contribution in [3.63, 3.8) is 0 Å². The number of piperidine rings is 1. The zero-order valence-corrected chi connectivity index (χ0v) is 13.1. The first kappa shape index (κ1) is 15.5. The second-order valence-electron chi connectivity index (χ2n) is 6.41. The standard InChI is InChI=1S/C18H29NO/c1-3-4-8-16-9-11-17(12-10-16)18(2,20)15-19-13-6-5-7-14-19/h9-12,20H,3-8,13-15H2,1-2H3. The predicted octanol–water partition coefficient (Wildman–Crippen LogP) is 3.72. The highest BCUT2D eigenvalue weighted by Crippen LogP contribution is 2.24. The lowest BCUT2D eigenvalue weighted by Gasteiger charge is -2.34. The number of likely N-dealkylation sites (tertiary alicyclic amines) is 1. The Morgan fingerprint density at radius 2 is 1.75 bits per heavy atom. The number of unbranched alkanes of at least 4 members (excludes halogenated alkanes) is 1. The van der Waals surface area contributed by atoms with Crippen molar-refractivity contribution in [1.82, 2.24) is 4.90 Å². The second-order valence-corrected chi connectivity index (χ2v) is 6.41. The summed E-state index contributed by atoms with van der Waals surface area (Å²) in [7, 11) is 0. The molecule has 0 aliphatic carbocycles. The van der Waals surface area contributed by atoms with Gasteiger partial charge in [0, 0.05) is 6.54 Å². The summed E-state index contributed by atoms with van der Waals surface area (Å²) in [5.74, 6) is 0. The summed E-state index contributed by atoms with van der Waals surface area (Å²) in [5.41, 5.74) is 1.69. The Bertz CT molecular complexity index is 390. The van der Waals surface area contributed by atoms with Crippen LogP contribution in [0.15, 0.2) is 24.3 Å². The minimum absolute atomic E-state index is 0.735. The molecule has 1 saturated heterocycles. The smallest absolute Gasteiger partial charge is 0.0994 e. The van der Waals surface area contributed by atoms with E-state index in [1.807, 2.05) is 6.92 Å². The minimum atomic E-state index is -0.735. The van der Waals surface area contributed by atoms with E-state index in [-0.39, 0.29) is 0 Å². The molecule has 1 aliphatic heterocycles. The SMILES string of the molecule is CCCCc1ccc(C(C)(O)CN2CCCCC2)cc1. The fourth-order valence-electron chi connectivity index (χ4n) is 3.06. The fraction of sp³-hybridized carbons (Fsp3) is 0.667. The number of benzene rings is 1. The van der Waals surface area contributed by atoms with E-state index in [1.165, 1.54) is 37.7 Å². The molecule has 1 unspecified atom stereocenters. The Labute approximate surface area is 123 Å². The van der Waals surface area contributed by atoms with Crippen molar-refractivity contribution in [2.24, 2.45) is 0 Å². The van der Waals surface area contributed by atoms with Crippen LogP contribution in [0.25, 0.3) is 0 Å². The summed E-state index contributed by atoms with van der Waals surface area (Å²) < 4.78 is 0. The second kappa shape index (κ2) is 7.24. The van der Waals surface area contributed by atoms with Crippen LogP contribution in [0.2, 0.25) is 0 Å². The van der Waals surface area contributed by atoms with Gasteiger partial charge in [0.2, 0.25) is 0 Å². The van der Waals surface area contributed by atoms with Crippen LogP contribution < -0.4 is 0 Å². The number of rotatable bonds is 6. The van der Waals surface area contributed by atoms with Crippen LogP contribution in [-0.2, 0) is 12.0 Å². The Morgan fingerprint density at radius 3 is 2.35 bits per heavy atom. The van der Waals surface area contributed by atoms with Crippen molar-refractivity contribution in [3.05, 3.63) is 35.4 Å². The highest BCUT2D eigenvalue weighted by atomic mass is 16.3. The average molecular weight is 275 g/mol. The van der Waals surface area contributed by atoms with Crippen LogP contribution in [0.3, 0.4) is 0 Å². The van der Waals surface area contributed by atoms with Crippen molar-refractivity contribution in [1.29, 1.82) is 0 Å². The lowest BCUT2D eigenvalue weighted by Crippen LogP contribution is -2.41. The first-order chi connectivity index (χ1) is 9.62. The van der Waals surface area contributed by atoms with Crippen molar-refractivity contribution < 1.29 is 5.11 Å². The van der Waals surface area contributed by atoms with E-state index in [2.05, 4.69) is 36.1 Å². The van der Waals surface area contributed by atoms with Crippen LogP contribution in [0.1, 0.15) is 57.1 Å².